The zero-order valence-electron chi connectivity index (χ0n) is 7.08. The van der Waals surface area contributed by atoms with E-state index in [4.69, 9.17) is 0 Å². The molecule has 2 bridgehead atoms. The maximum atomic E-state index is 3.54. The van der Waals surface area contributed by atoms with Crippen LogP contribution in [0.4, 0.5) is 0 Å². The Kier molecular flexibility index (Phi) is 1.98. The molecule has 0 aromatic heterocycles. The van der Waals surface area contributed by atoms with Crippen molar-refractivity contribution in [3.63, 3.8) is 0 Å². The van der Waals surface area contributed by atoms with E-state index in [9.17, 15) is 0 Å². The Morgan fingerprint density at radius 2 is 2.27 bits per heavy atom. The molecule has 0 aromatic rings. The van der Waals surface area contributed by atoms with Gasteiger partial charge in [-0.25, -0.2) is 0 Å². The molecule has 2 heteroatoms. The van der Waals surface area contributed by atoms with Crippen molar-refractivity contribution < 1.29 is 0 Å². The Labute approximate surface area is 72.6 Å². The normalized spacial score (nSPS) is 43.3. The van der Waals surface area contributed by atoms with E-state index in [1.807, 2.05) is 11.8 Å². The zero-order valence-corrected chi connectivity index (χ0v) is 7.90. The topological polar surface area (TPSA) is 12.0 Å². The van der Waals surface area contributed by atoms with Crippen LogP contribution >= 0.6 is 11.8 Å². The van der Waals surface area contributed by atoms with Crippen molar-refractivity contribution in [3.8, 4) is 0 Å². The van der Waals surface area contributed by atoms with E-state index in [0.717, 1.165) is 17.2 Å². The van der Waals surface area contributed by atoms with Crippen molar-refractivity contribution >= 4 is 11.8 Å². The molecule has 0 aromatic carbocycles. The van der Waals surface area contributed by atoms with Crippen LogP contribution in [0.3, 0.4) is 0 Å². The van der Waals surface area contributed by atoms with Crippen molar-refractivity contribution in [2.24, 2.45) is 5.92 Å². The molecule has 4 atom stereocenters. The quantitative estimate of drug-likeness (QED) is 0.631. The summed E-state index contributed by atoms with van der Waals surface area (Å²) in [5, 5.41) is 4.31. The fourth-order valence-corrected chi connectivity index (χ4v) is 2.56. The minimum absolute atomic E-state index is 0.713. The first-order valence-corrected chi connectivity index (χ1v) is 5.57. The zero-order chi connectivity index (χ0) is 7.84. The Bertz CT molecular complexity index is 172. The van der Waals surface area contributed by atoms with Crippen LogP contribution in [-0.4, -0.2) is 23.6 Å². The molecular formula is C9H15NS. The molecule has 2 heterocycles. The van der Waals surface area contributed by atoms with Crippen LogP contribution in [0.25, 0.3) is 0 Å². The minimum Gasteiger partial charge on any atom is -0.307 e. The maximum Gasteiger partial charge on any atom is 0.0268 e. The van der Waals surface area contributed by atoms with Crippen LogP contribution in [0.1, 0.15) is 13.3 Å². The Hall–Kier alpha value is 0.0500. The van der Waals surface area contributed by atoms with Crippen LogP contribution in [0.15, 0.2) is 12.2 Å². The third kappa shape index (κ3) is 1.23. The van der Waals surface area contributed by atoms with Gasteiger partial charge in [0.25, 0.3) is 0 Å². The fourth-order valence-electron chi connectivity index (χ4n) is 1.96. The predicted molar refractivity (Wildman–Crippen MR) is 50.9 cm³/mol. The molecule has 1 nitrogen and oxygen atoms in total. The molecule has 11 heavy (non-hydrogen) atoms. The van der Waals surface area contributed by atoms with Crippen molar-refractivity contribution in [3.05, 3.63) is 12.2 Å². The standard InChI is InChI=1S/C9H15NS/c1-6(11-2)8-4-3-7-5-9(8)10-7/h3-4,6-10H,5H2,1-2H3. The molecule has 3 aliphatic rings. The molecule has 62 valence electrons. The Morgan fingerprint density at radius 3 is 2.73 bits per heavy atom. The molecule has 0 spiro atoms. The van der Waals surface area contributed by atoms with E-state index < -0.39 is 0 Å². The molecule has 3 rings (SSSR count). The highest BCUT2D eigenvalue weighted by Crippen LogP contribution is 2.33. The van der Waals surface area contributed by atoms with E-state index in [2.05, 4.69) is 30.6 Å². The molecule has 1 aliphatic carbocycles. The first kappa shape index (κ1) is 7.69. The van der Waals surface area contributed by atoms with Gasteiger partial charge in [-0.2, -0.15) is 11.8 Å². The largest absolute Gasteiger partial charge is 0.307 e. The highest BCUT2D eigenvalue weighted by atomic mass is 32.2. The van der Waals surface area contributed by atoms with Gasteiger partial charge in [0.2, 0.25) is 0 Å². The molecule has 0 saturated carbocycles. The lowest BCUT2D eigenvalue weighted by Crippen LogP contribution is -2.58. The average Bonchev–Trinajstić information content (AvgIpc) is 2.02. The van der Waals surface area contributed by atoms with Crippen molar-refractivity contribution in [2.45, 2.75) is 30.7 Å². The summed E-state index contributed by atoms with van der Waals surface area (Å²) >= 11 is 1.97. The first-order valence-electron chi connectivity index (χ1n) is 4.28. The third-order valence-corrected chi connectivity index (χ3v) is 3.94. The molecule has 2 aliphatic heterocycles. The van der Waals surface area contributed by atoms with Crippen molar-refractivity contribution in [1.29, 1.82) is 0 Å². The highest BCUT2D eigenvalue weighted by molar-refractivity contribution is 7.99. The third-order valence-electron chi connectivity index (χ3n) is 2.88. The Balaban J connectivity index is 2.03. The molecule has 0 radical (unpaired) electrons. The van der Waals surface area contributed by atoms with Crippen LogP contribution in [0.5, 0.6) is 0 Å². The fraction of sp³-hybridized carbons (Fsp3) is 0.778. The molecule has 1 fully saturated rings. The number of thioether (sulfide) groups is 1. The highest BCUT2D eigenvalue weighted by Gasteiger charge is 2.37. The van der Waals surface area contributed by atoms with Gasteiger partial charge in [-0.05, 0) is 12.7 Å². The molecular weight excluding hydrogens is 154 g/mol. The molecule has 0 amide bonds. The summed E-state index contributed by atoms with van der Waals surface area (Å²) in [6, 6.07) is 1.50. The van der Waals surface area contributed by atoms with Gasteiger partial charge < -0.3 is 5.32 Å². The van der Waals surface area contributed by atoms with Crippen LogP contribution in [-0.2, 0) is 0 Å². The summed E-state index contributed by atoms with van der Waals surface area (Å²) in [6.45, 7) is 2.32. The van der Waals surface area contributed by atoms with Gasteiger partial charge >= 0.3 is 0 Å². The summed E-state index contributed by atoms with van der Waals surface area (Å²) in [6.07, 6.45) is 8.29. The first-order chi connectivity index (χ1) is 5.31. The molecule has 1 saturated heterocycles. The number of hydrogen-bond acceptors (Lipinski definition) is 2. The second-order valence-electron chi connectivity index (χ2n) is 3.52. The Morgan fingerprint density at radius 1 is 1.55 bits per heavy atom. The summed E-state index contributed by atoms with van der Waals surface area (Å²) < 4.78 is 0. The lowest BCUT2D eigenvalue weighted by atomic mass is 9.79. The predicted octanol–water partition coefficient (Wildman–Crippen LogP) is 1.65. The van der Waals surface area contributed by atoms with Crippen molar-refractivity contribution in [1.82, 2.24) is 5.32 Å². The van der Waals surface area contributed by atoms with E-state index in [1.54, 1.807) is 0 Å². The summed E-state index contributed by atoms with van der Waals surface area (Å²) in [7, 11) is 0. The summed E-state index contributed by atoms with van der Waals surface area (Å²) in [5.41, 5.74) is 0. The van der Waals surface area contributed by atoms with Gasteiger partial charge in [-0.3, -0.25) is 0 Å². The lowest BCUT2D eigenvalue weighted by Gasteiger charge is -2.45. The molecule has 1 N–H and O–H groups in total. The number of rotatable bonds is 2. The van der Waals surface area contributed by atoms with Gasteiger partial charge in [0.15, 0.2) is 0 Å². The smallest absolute Gasteiger partial charge is 0.0268 e. The second-order valence-corrected chi connectivity index (χ2v) is 4.73. The monoisotopic (exact) mass is 169 g/mol. The van der Waals surface area contributed by atoms with E-state index in [-0.39, 0.29) is 0 Å². The number of nitrogens with one attached hydrogen (secondary N) is 1. The van der Waals surface area contributed by atoms with Crippen LogP contribution < -0.4 is 5.32 Å². The van der Waals surface area contributed by atoms with Gasteiger partial charge in [0.1, 0.15) is 0 Å². The second kappa shape index (κ2) is 2.83. The van der Waals surface area contributed by atoms with E-state index in [0.29, 0.717) is 6.04 Å². The number of fused-ring (bicyclic) bond motifs is 1. The van der Waals surface area contributed by atoms with E-state index in [1.165, 1.54) is 6.42 Å². The average molecular weight is 169 g/mol. The molecule has 4 unspecified atom stereocenters. The van der Waals surface area contributed by atoms with Crippen molar-refractivity contribution in [2.75, 3.05) is 6.26 Å². The van der Waals surface area contributed by atoms with Crippen LogP contribution in [0.2, 0.25) is 0 Å². The van der Waals surface area contributed by atoms with Gasteiger partial charge in [-0.1, -0.05) is 19.1 Å². The SMILES string of the molecule is CSC(C)C1C=CC2CC1N2. The van der Waals surface area contributed by atoms with Gasteiger partial charge in [-0.15, -0.1) is 0 Å². The summed E-state index contributed by atoms with van der Waals surface area (Å²) in [5.74, 6) is 0.773. The van der Waals surface area contributed by atoms with E-state index >= 15 is 0 Å². The summed E-state index contributed by atoms with van der Waals surface area (Å²) in [4.78, 5) is 0. The maximum absolute atomic E-state index is 3.54. The van der Waals surface area contributed by atoms with Crippen LogP contribution in [0, 0.1) is 5.92 Å². The van der Waals surface area contributed by atoms with Gasteiger partial charge in [0, 0.05) is 23.3 Å². The van der Waals surface area contributed by atoms with Gasteiger partial charge in [0.05, 0.1) is 0 Å². The number of hydrogen-bond donors (Lipinski definition) is 1. The lowest BCUT2D eigenvalue weighted by molar-refractivity contribution is 0.228. The minimum atomic E-state index is 0.713.